The van der Waals surface area contributed by atoms with Crippen LogP contribution in [0.4, 0.5) is 0 Å². The molecular weight excluding hydrogens is 416 g/mol. The molecule has 0 bridgehead atoms. The highest BCUT2D eigenvalue weighted by Crippen LogP contribution is 2.33. The molecule has 3 saturated heterocycles. The van der Waals surface area contributed by atoms with Gasteiger partial charge in [-0.25, -0.2) is 16.8 Å². The Hall–Kier alpha value is -1.04. The van der Waals surface area contributed by atoms with Crippen molar-refractivity contribution in [3.05, 3.63) is 24.3 Å². The van der Waals surface area contributed by atoms with Crippen LogP contribution in [0.1, 0.15) is 38.5 Å². The van der Waals surface area contributed by atoms with Crippen molar-refractivity contribution in [3.8, 4) is 0 Å². The van der Waals surface area contributed by atoms with Gasteiger partial charge in [0.05, 0.1) is 23.0 Å². The fourth-order valence-corrected chi connectivity index (χ4v) is 7.18. The fourth-order valence-electron chi connectivity index (χ4n) is 4.22. The Labute approximate surface area is 172 Å². The zero-order valence-corrected chi connectivity index (χ0v) is 18.1. The van der Waals surface area contributed by atoms with Gasteiger partial charge in [0.1, 0.15) is 0 Å². The van der Waals surface area contributed by atoms with Gasteiger partial charge in [0.15, 0.2) is 5.79 Å². The first-order valence-electron chi connectivity index (χ1n) is 10.2. The number of ether oxygens (including phenoxy) is 2. The van der Waals surface area contributed by atoms with E-state index in [0.717, 1.165) is 25.7 Å². The van der Waals surface area contributed by atoms with Gasteiger partial charge in [0, 0.05) is 39.0 Å². The van der Waals surface area contributed by atoms with E-state index < -0.39 is 25.8 Å². The van der Waals surface area contributed by atoms with E-state index in [2.05, 4.69) is 0 Å². The summed E-state index contributed by atoms with van der Waals surface area (Å²) in [4.78, 5) is 0.250. The standard InChI is InChI=1S/C19H28N2O6S2/c22-28(23,20-11-3-1-2-4-12-20)17-5-7-18(8-6-17)29(24,25)21-13-9-19(10-14-21)26-15-16-27-19/h5-8H,1-4,9-16H2. The molecule has 4 rings (SSSR count). The number of rotatable bonds is 4. The van der Waals surface area contributed by atoms with Gasteiger partial charge in [-0.15, -0.1) is 0 Å². The molecule has 1 aromatic carbocycles. The van der Waals surface area contributed by atoms with Crippen LogP contribution in [0.15, 0.2) is 34.1 Å². The summed E-state index contributed by atoms with van der Waals surface area (Å²) in [6.45, 7) is 2.75. The molecule has 3 aliphatic rings. The summed E-state index contributed by atoms with van der Waals surface area (Å²) in [5.74, 6) is -0.642. The molecule has 1 spiro atoms. The van der Waals surface area contributed by atoms with E-state index in [-0.39, 0.29) is 9.79 Å². The van der Waals surface area contributed by atoms with Gasteiger partial charge in [-0.3, -0.25) is 0 Å². The lowest BCUT2D eigenvalue weighted by Gasteiger charge is -2.36. The molecule has 0 N–H and O–H groups in total. The maximum absolute atomic E-state index is 13.0. The van der Waals surface area contributed by atoms with Crippen LogP contribution < -0.4 is 0 Å². The molecule has 0 amide bonds. The van der Waals surface area contributed by atoms with Crippen LogP contribution in [0.5, 0.6) is 0 Å². The zero-order chi connectivity index (χ0) is 20.5. The highest BCUT2D eigenvalue weighted by Gasteiger charge is 2.42. The molecule has 0 atom stereocenters. The number of hydrogen-bond acceptors (Lipinski definition) is 6. The molecule has 3 fully saturated rings. The Morgan fingerprint density at radius 1 is 0.655 bits per heavy atom. The minimum atomic E-state index is -3.69. The van der Waals surface area contributed by atoms with Gasteiger partial charge >= 0.3 is 0 Å². The van der Waals surface area contributed by atoms with Gasteiger partial charge in [-0.1, -0.05) is 12.8 Å². The van der Waals surface area contributed by atoms with Crippen molar-refractivity contribution in [2.45, 2.75) is 54.1 Å². The predicted octanol–water partition coefficient (Wildman–Crippen LogP) is 1.78. The molecule has 0 saturated carbocycles. The van der Waals surface area contributed by atoms with E-state index >= 15 is 0 Å². The Balaban J connectivity index is 1.48. The Morgan fingerprint density at radius 2 is 1.07 bits per heavy atom. The monoisotopic (exact) mass is 444 g/mol. The van der Waals surface area contributed by atoms with Crippen LogP contribution in [0, 0.1) is 0 Å². The predicted molar refractivity (Wildman–Crippen MR) is 106 cm³/mol. The van der Waals surface area contributed by atoms with E-state index in [0.29, 0.717) is 52.2 Å². The molecule has 29 heavy (non-hydrogen) atoms. The summed E-state index contributed by atoms with van der Waals surface area (Å²) in [5, 5.41) is 0. The van der Waals surface area contributed by atoms with Crippen LogP contribution >= 0.6 is 0 Å². The summed E-state index contributed by atoms with van der Waals surface area (Å²) in [5.41, 5.74) is 0. The minimum Gasteiger partial charge on any atom is -0.347 e. The van der Waals surface area contributed by atoms with Crippen LogP contribution in [-0.4, -0.2) is 70.6 Å². The first kappa shape index (κ1) is 21.2. The highest BCUT2D eigenvalue weighted by atomic mass is 32.2. The van der Waals surface area contributed by atoms with Gasteiger partial charge in [-0.2, -0.15) is 8.61 Å². The number of benzene rings is 1. The highest BCUT2D eigenvalue weighted by molar-refractivity contribution is 7.89. The summed E-state index contributed by atoms with van der Waals surface area (Å²) in [6, 6.07) is 5.60. The number of hydrogen-bond donors (Lipinski definition) is 0. The van der Waals surface area contributed by atoms with E-state index in [4.69, 9.17) is 9.47 Å². The quantitative estimate of drug-likeness (QED) is 0.703. The Morgan fingerprint density at radius 3 is 1.52 bits per heavy atom. The molecule has 3 aliphatic heterocycles. The van der Waals surface area contributed by atoms with E-state index in [1.54, 1.807) is 0 Å². The smallest absolute Gasteiger partial charge is 0.243 e. The Kier molecular flexibility index (Phi) is 6.02. The lowest BCUT2D eigenvalue weighted by molar-refractivity contribution is -0.179. The van der Waals surface area contributed by atoms with Crippen molar-refractivity contribution in [2.24, 2.45) is 0 Å². The summed E-state index contributed by atoms with van der Waals surface area (Å²) >= 11 is 0. The number of piperidine rings is 1. The van der Waals surface area contributed by atoms with Crippen molar-refractivity contribution < 1.29 is 26.3 Å². The van der Waals surface area contributed by atoms with Crippen molar-refractivity contribution >= 4 is 20.0 Å². The third kappa shape index (κ3) is 4.24. The fraction of sp³-hybridized carbons (Fsp3) is 0.684. The van der Waals surface area contributed by atoms with Gasteiger partial charge in [0.25, 0.3) is 0 Å². The second-order valence-corrected chi connectivity index (χ2v) is 11.7. The first-order valence-corrected chi connectivity index (χ1v) is 13.1. The topological polar surface area (TPSA) is 93.2 Å². The van der Waals surface area contributed by atoms with Crippen LogP contribution in [0.25, 0.3) is 0 Å². The van der Waals surface area contributed by atoms with Gasteiger partial charge < -0.3 is 9.47 Å². The summed E-state index contributed by atoms with van der Waals surface area (Å²) in [7, 11) is -7.28. The number of sulfonamides is 2. The van der Waals surface area contributed by atoms with E-state index in [1.807, 2.05) is 0 Å². The molecule has 162 valence electrons. The largest absolute Gasteiger partial charge is 0.347 e. The molecule has 0 radical (unpaired) electrons. The average Bonchev–Trinajstić information content (AvgIpc) is 2.99. The SMILES string of the molecule is O=S(=O)(c1ccc(S(=O)(=O)N2CCC3(CC2)OCCO3)cc1)N1CCCCCC1. The van der Waals surface area contributed by atoms with Gasteiger partial charge in [-0.05, 0) is 37.1 Å². The molecule has 0 aliphatic carbocycles. The van der Waals surface area contributed by atoms with Crippen molar-refractivity contribution in [2.75, 3.05) is 39.4 Å². The molecule has 0 aromatic heterocycles. The molecular formula is C19H28N2O6S2. The number of nitrogens with zero attached hydrogens (tertiary/aromatic N) is 2. The normalized spacial score (nSPS) is 24.6. The third-order valence-corrected chi connectivity index (χ3v) is 9.79. The van der Waals surface area contributed by atoms with E-state index in [1.165, 1.54) is 32.9 Å². The zero-order valence-electron chi connectivity index (χ0n) is 16.5. The molecule has 3 heterocycles. The average molecular weight is 445 g/mol. The van der Waals surface area contributed by atoms with Crippen LogP contribution in [0.3, 0.4) is 0 Å². The lowest BCUT2D eigenvalue weighted by atomic mass is 10.1. The summed E-state index contributed by atoms with van der Waals surface area (Å²) < 4.78 is 66.0. The maximum atomic E-state index is 13.0. The lowest BCUT2D eigenvalue weighted by Crippen LogP contribution is -2.47. The molecule has 0 unspecified atom stereocenters. The maximum Gasteiger partial charge on any atom is 0.243 e. The van der Waals surface area contributed by atoms with Crippen molar-refractivity contribution in [1.82, 2.24) is 8.61 Å². The van der Waals surface area contributed by atoms with Crippen molar-refractivity contribution in [3.63, 3.8) is 0 Å². The van der Waals surface area contributed by atoms with Crippen LogP contribution in [0.2, 0.25) is 0 Å². The molecule has 10 heteroatoms. The van der Waals surface area contributed by atoms with Gasteiger partial charge in [0.2, 0.25) is 20.0 Å². The molecule has 1 aromatic rings. The Bertz CT molecular complexity index is 906. The van der Waals surface area contributed by atoms with Crippen molar-refractivity contribution in [1.29, 1.82) is 0 Å². The third-order valence-electron chi connectivity index (χ3n) is 5.96. The second-order valence-electron chi connectivity index (χ2n) is 7.80. The first-order chi connectivity index (χ1) is 13.8. The summed E-state index contributed by atoms with van der Waals surface area (Å²) in [6.07, 6.45) is 4.78. The minimum absolute atomic E-state index is 0.108. The second kappa shape index (κ2) is 8.24. The molecule has 8 nitrogen and oxygen atoms in total. The van der Waals surface area contributed by atoms with E-state index in [9.17, 15) is 16.8 Å². The van der Waals surface area contributed by atoms with Crippen LogP contribution in [-0.2, 0) is 29.5 Å².